The van der Waals surface area contributed by atoms with Gasteiger partial charge in [-0.2, -0.15) is 0 Å². The zero-order valence-corrected chi connectivity index (χ0v) is 14.3. The monoisotopic (exact) mass is 308 g/mol. The molecule has 5 fully saturated rings. The summed E-state index contributed by atoms with van der Waals surface area (Å²) >= 11 is 0. The van der Waals surface area contributed by atoms with Crippen molar-refractivity contribution in [3.05, 3.63) is 0 Å². The Morgan fingerprint density at radius 1 is 0.909 bits per heavy atom. The van der Waals surface area contributed by atoms with Gasteiger partial charge in [0.25, 0.3) is 0 Å². The summed E-state index contributed by atoms with van der Waals surface area (Å²) in [5.41, 5.74) is 0. The predicted octanol–water partition coefficient (Wildman–Crippen LogP) is 1.43. The second kappa shape index (κ2) is 5.73. The summed E-state index contributed by atoms with van der Waals surface area (Å²) in [6, 6.07) is 2.91. The number of nitrogens with zero attached hydrogens (tertiary/aromatic N) is 2. The average Bonchev–Trinajstić information content (AvgIpc) is 2.78. The molecule has 0 spiro atoms. The number of aliphatic hydroxyl groups excluding tert-OH is 1. The van der Waals surface area contributed by atoms with Gasteiger partial charge in [0.1, 0.15) is 0 Å². The molecule has 1 saturated carbocycles. The van der Waals surface area contributed by atoms with E-state index in [1.165, 1.54) is 32.1 Å². The molecule has 4 nitrogen and oxygen atoms in total. The van der Waals surface area contributed by atoms with E-state index < -0.39 is 0 Å². The van der Waals surface area contributed by atoms with Crippen LogP contribution in [0, 0.1) is 23.7 Å². The minimum atomic E-state index is 0.377. The second-order valence-corrected chi connectivity index (χ2v) is 8.37. The van der Waals surface area contributed by atoms with Crippen molar-refractivity contribution >= 4 is 0 Å². The van der Waals surface area contributed by atoms with E-state index in [4.69, 9.17) is 4.74 Å². The lowest BCUT2D eigenvalue weighted by Gasteiger charge is -2.62. The van der Waals surface area contributed by atoms with Gasteiger partial charge in [0, 0.05) is 44.5 Å². The molecule has 1 N–H and O–H groups in total. The highest BCUT2D eigenvalue weighted by atomic mass is 16.5. The van der Waals surface area contributed by atoms with Gasteiger partial charge < -0.3 is 19.6 Å². The van der Waals surface area contributed by atoms with Gasteiger partial charge in [-0.25, -0.2) is 0 Å². The van der Waals surface area contributed by atoms with E-state index in [0.29, 0.717) is 42.4 Å². The second-order valence-electron chi connectivity index (χ2n) is 8.37. The molecule has 8 atom stereocenters. The number of methoxy groups -OCH3 is 1. The molecule has 0 radical (unpaired) electrons. The molecule has 4 heterocycles. The minimum Gasteiger partial charge on any atom is -0.396 e. The van der Waals surface area contributed by atoms with Crippen LogP contribution in [0.15, 0.2) is 0 Å². The van der Waals surface area contributed by atoms with Crippen molar-refractivity contribution in [3.63, 3.8) is 0 Å². The Kier molecular flexibility index (Phi) is 4.00. The molecule has 22 heavy (non-hydrogen) atoms. The number of rotatable bonds is 4. The standard InChI is InChI=1S/C18H32N2O2/c1-19-13-4-5-15(19)18(12(7-13)10-22-3)17-11(9-21)6-14-8-16(17)20(14)2/h11-18,21H,4-10H2,1-3H3. The van der Waals surface area contributed by atoms with Crippen LogP contribution in [0.25, 0.3) is 0 Å². The summed E-state index contributed by atoms with van der Waals surface area (Å²) in [6.45, 7) is 1.28. The Morgan fingerprint density at radius 2 is 1.59 bits per heavy atom. The first-order valence-corrected chi connectivity index (χ1v) is 9.19. The van der Waals surface area contributed by atoms with Crippen LogP contribution in [-0.2, 0) is 4.74 Å². The number of fused-ring (bicyclic) bond motifs is 4. The maximum atomic E-state index is 10.0. The van der Waals surface area contributed by atoms with Crippen molar-refractivity contribution in [1.29, 1.82) is 0 Å². The molecule has 4 aliphatic heterocycles. The summed E-state index contributed by atoms with van der Waals surface area (Å²) < 4.78 is 5.61. The van der Waals surface area contributed by atoms with Crippen LogP contribution < -0.4 is 0 Å². The molecule has 4 bridgehead atoms. The SMILES string of the molecule is COCC1CC2CCC(C1C1C(CO)CC3CC1N3C)N2C. The van der Waals surface area contributed by atoms with Crippen LogP contribution in [0.3, 0.4) is 0 Å². The zero-order valence-electron chi connectivity index (χ0n) is 14.3. The first-order chi connectivity index (χ1) is 10.7. The lowest BCUT2D eigenvalue weighted by molar-refractivity contribution is -0.141. The normalized spacial score (nSPS) is 51.8. The van der Waals surface area contributed by atoms with E-state index in [1.807, 2.05) is 7.11 Å². The van der Waals surface area contributed by atoms with Crippen molar-refractivity contribution in [3.8, 4) is 0 Å². The minimum absolute atomic E-state index is 0.377. The van der Waals surface area contributed by atoms with Crippen molar-refractivity contribution in [1.82, 2.24) is 9.80 Å². The number of hydrogen-bond acceptors (Lipinski definition) is 4. The Bertz CT molecular complexity index is 416. The highest BCUT2D eigenvalue weighted by molar-refractivity contribution is 5.10. The van der Waals surface area contributed by atoms with E-state index in [2.05, 4.69) is 23.9 Å². The molecule has 0 aromatic rings. The Hall–Kier alpha value is -0.160. The molecule has 1 aliphatic carbocycles. The number of ether oxygens (including phenoxy) is 1. The maximum absolute atomic E-state index is 10.0. The van der Waals surface area contributed by atoms with Gasteiger partial charge in [0.2, 0.25) is 0 Å². The molecule has 5 rings (SSSR count). The van der Waals surface area contributed by atoms with Gasteiger partial charge in [-0.05, 0) is 69.9 Å². The van der Waals surface area contributed by atoms with Crippen LogP contribution in [0.4, 0.5) is 0 Å². The summed E-state index contributed by atoms with van der Waals surface area (Å²) in [5, 5.41) is 10.0. The number of hydrogen-bond donors (Lipinski definition) is 1. The van der Waals surface area contributed by atoms with Crippen LogP contribution in [0.1, 0.15) is 32.1 Å². The van der Waals surface area contributed by atoms with E-state index in [0.717, 1.165) is 18.7 Å². The largest absolute Gasteiger partial charge is 0.396 e. The summed E-state index contributed by atoms with van der Waals surface area (Å²) in [5.74, 6) is 2.55. The van der Waals surface area contributed by atoms with Crippen LogP contribution in [0.2, 0.25) is 0 Å². The zero-order chi connectivity index (χ0) is 15.4. The molecule has 0 aromatic carbocycles. The van der Waals surface area contributed by atoms with Gasteiger partial charge in [0.15, 0.2) is 0 Å². The predicted molar refractivity (Wildman–Crippen MR) is 86.7 cm³/mol. The number of aliphatic hydroxyl groups is 1. The highest BCUT2D eigenvalue weighted by Crippen LogP contribution is 2.54. The fraction of sp³-hybridized carbons (Fsp3) is 1.00. The Balaban J connectivity index is 1.64. The van der Waals surface area contributed by atoms with Crippen LogP contribution >= 0.6 is 0 Å². The summed E-state index contributed by atoms with van der Waals surface area (Å²) in [6.07, 6.45) is 6.55. The maximum Gasteiger partial charge on any atom is 0.0494 e. The molecule has 126 valence electrons. The summed E-state index contributed by atoms with van der Waals surface area (Å²) in [4.78, 5) is 5.26. The molecule has 5 aliphatic rings. The van der Waals surface area contributed by atoms with E-state index >= 15 is 0 Å². The Labute approximate surface area is 134 Å². The van der Waals surface area contributed by atoms with Gasteiger partial charge in [-0.15, -0.1) is 0 Å². The third kappa shape index (κ3) is 2.10. The molecule has 4 saturated heterocycles. The fourth-order valence-electron chi connectivity index (χ4n) is 6.60. The van der Waals surface area contributed by atoms with Crippen molar-refractivity contribution in [2.45, 2.75) is 56.3 Å². The van der Waals surface area contributed by atoms with Crippen molar-refractivity contribution < 1.29 is 9.84 Å². The van der Waals surface area contributed by atoms with Crippen LogP contribution in [-0.4, -0.2) is 73.5 Å². The summed E-state index contributed by atoms with van der Waals surface area (Å²) in [7, 11) is 6.49. The van der Waals surface area contributed by atoms with E-state index in [-0.39, 0.29) is 0 Å². The van der Waals surface area contributed by atoms with Gasteiger partial charge >= 0.3 is 0 Å². The lowest BCUT2D eigenvalue weighted by atomic mass is 9.57. The topological polar surface area (TPSA) is 35.9 Å². The number of piperidine rings is 2. The van der Waals surface area contributed by atoms with Gasteiger partial charge in [0.05, 0.1) is 0 Å². The third-order valence-corrected chi connectivity index (χ3v) is 7.69. The van der Waals surface area contributed by atoms with Crippen molar-refractivity contribution in [2.24, 2.45) is 23.7 Å². The molecule has 8 unspecified atom stereocenters. The Morgan fingerprint density at radius 3 is 2.27 bits per heavy atom. The van der Waals surface area contributed by atoms with Gasteiger partial charge in [-0.1, -0.05) is 0 Å². The highest BCUT2D eigenvalue weighted by Gasteiger charge is 2.57. The van der Waals surface area contributed by atoms with E-state index in [9.17, 15) is 5.11 Å². The smallest absolute Gasteiger partial charge is 0.0494 e. The first kappa shape index (κ1) is 15.4. The third-order valence-electron chi connectivity index (χ3n) is 7.69. The molecule has 0 aromatic heterocycles. The van der Waals surface area contributed by atoms with Crippen LogP contribution in [0.5, 0.6) is 0 Å². The van der Waals surface area contributed by atoms with Gasteiger partial charge in [-0.3, -0.25) is 0 Å². The molecular weight excluding hydrogens is 276 g/mol. The molecule has 4 heteroatoms. The fourth-order valence-corrected chi connectivity index (χ4v) is 6.60. The first-order valence-electron chi connectivity index (χ1n) is 9.19. The molecular formula is C18H32N2O2. The quantitative estimate of drug-likeness (QED) is 0.852. The lowest BCUT2D eigenvalue weighted by Crippen LogP contribution is -2.68. The average molecular weight is 308 g/mol. The van der Waals surface area contributed by atoms with E-state index in [1.54, 1.807) is 0 Å². The van der Waals surface area contributed by atoms with Crippen molar-refractivity contribution in [2.75, 3.05) is 34.4 Å². The molecule has 0 amide bonds.